The molecule has 4 heteroatoms. The van der Waals surface area contributed by atoms with Gasteiger partial charge in [0.25, 0.3) is 0 Å². The number of fused-ring (bicyclic) bond motifs is 1. The molecule has 2 aromatic rings. The minimum Gasteiger partial charge on any atom is -0.474 e. The Morgan fingerprint density at radius 1 is 1.00 bits per heavy atom. The maximum Gasteiger partial charge on any atom is 0.199 e. The highest BCUT2D eigenvalue weighted by Crippen LogP contribution is 2.30. The number of Topliss-reactive ketones (excluding diaryl/α,β-unsaturated/α-hetero) is 1. The summed E-state index contributed by atoms with van der Waals surface area (Å²) in [4.78, 5) is 19.7. The van der Waals surface area contributed by atoms with E-state index in [4.69, 9.17) is 9.73 Å². The molecule has 2 aromatic carbocycles. The third-order valence-corrected chi connectivity index (χ3v) is 4.99. The summed E-state index contributed by atoms with van der Waals surface area (Å²) in [5.41, 5.74) is 4.54. The van der Waals surface area contributed by atoms with E-state index in [0.717, 1.165) is 16.8 Å². The zero-order chi connectivity index (χ0) is 19.5. The first kappa shape index (κ1) is 18.0. The smallest absolute Gasteiger partial charge is 0.199 e. The predicted molar refractivity (Wildman–Crippen MR) is 111 cm³/mol. The summed E-state index contributed by atoms with van der Waals surface area (Å²) in [6.45, 7) is 5.14. The third kappa shape index (κ3) is 3.41. The Balaban J connectivity index is 1.67. The number of rotatable bonds is 5. The van der Waals surface area contributed by atoms with E-state index in [1.54, 1.807) is 0 Å². The average Bonchev–Trinajstić information content (AvgIpc) is 2.75. The summed E-state index contributed by atoms with van der Waals surface area (Å²) in [7, 11) is 0. The second-order valence-electron chi connectivity index (χ2n) is 6.90. The number of ketones is 1. The molecule has 0 N–H and O–H groups in total. The fraction of sp³-hybridized carbons (Fsp3) is 0.167. The third-order valence-electron chi connectivity index (χ3n) is 4.99. The van der Waals surface area contributed by atoms with Crippen LogP contribution in [0.4, 0.5) is 0 Å². The van der Waals surface area contributed by atoms with E-state index in [0.29, 0.717) is 36.0 Å². The average molecular weight is 370 g/mol. The van der Waals surface area contributed by atoms with Crippen molar-refractivity contribution in [2.24, 2.45) is 4.99 Å². The molecule has 0 spiro atoms. The molecule has 0 unspecified atom stereocenters. The van der Waals surface area contributed by atoms with Crippen LogP contribution in [0.25, 0.3) is 0 Å². The molecule has 2 aliphatic heterocycles. The number of nitrogens with zero attached hydrogens (tertiary/aromatic N) is 2. The highest BCUT2D eigenvalue weighted by atomic mass is 16.5. The van der Waals surface area contributed by atoms with Crippen molar-refractivity contribution >= 4 is 11.6 Å². The summed E-state index contributed by atoms with van der Waals surface area (Å²) in [6.07, 6.45) is 3.68. The first-order valence-electron chi connectivity index (χ1n) is 9.35. The van der Waals surface area contributed by atoms with Gasteiger partial charge in [-0.25, -0.2) is 0 Å². The van der Waals surface area contributed by atoms with E-state index >= 15 is 0 Å². The van der Waals surface area contributed by atoms with Crippen molar-refractivity contribution in [3.63, 3.8) is 0 Å². The van der Waals surface area contributed by atoms with Gasteiger partial charge in [-0.2, -0.15) is 0 Å². The molecule has 0 saturated carbocycles. The van der Waals surface area contributed by atoms with E-state index in [2.05, 4.69) is 6.92 Å². The molecule has 0 amide bonds. The van der Waals surface area contributed by atoms with Crippen molar-refractivity contribution < 1.29 is 9.53 Å². The van der Waals surface area contributed by atoms with Crippen LogP contribution in [0.3, 0.4) is 0 Å². The molecule has 2 heterocycles. The second kappa shape index (κ2) is 7.69. The fourth-order valence-corrected chi connectivity index (χ4v) is 3.27. The first-order chi connectivity index (χ1) is 13.6. The molecular formula is C24H22N2O2. The lowest BCUT2D eigenvalue weighted by molar-refractivity contribution is 0.103. The molecule has 4 rings (SSSR count). The zero-order valence-corrected chi connectivity index (χ0v) is 16.1. The molecule has 28 heavy (non-hydrogen) atoms. The summed E-state index contributed by atoms with van der Waals surface area (Å²) in [6, 6.07) is 19.3. The first-order valence-corrected chi connectivity index (χ1v) is 9.35. The Hall–Kier alpha value is -3.40. The number of amidine groups is 1. The maximum absolute atomic E-state index is 13.1. The Labute approximate surface area is 165 Å². The van der Waals surface area contributed by atoms with Crippen LogP contribution in [-0.4, -0.2) is 23.1 Å². The van der Waals surface area contributed by atoms with Gasteiger partial charge in [0.05, 0.1) is 12.1 Å². The lowest BCUT2D eigenvalue weighted by Gasteiger charge is -2.35. The van der Waals surface area contributed by atoms with Crippen LogP contribution in [0.1, 0.15) is 29.8 Å². The van der Waals surface area contributed by atoms with E-state index in [-0.39, 0.29) is 5.78 Å². The van der Waals surface area contributed by atoms with Crippen LogP contribution in [-0.2, 0) is 11.3 Å². The second-order valence-corrected chi connectivity index (χ2v) is 6.90. The highest BCUT2D eigenvalue weighted by molar-refractivity contribution is 6.28. The quantitative estimate of drug-likeness (QED) is 0.705. The normalized spacial score (nSPS) is 16.1. The number of carbonyl (C=O) groups excluding carboxylic acids is 1. The van der Waals surface area contributed by atoms with Gasteiger partial charge in [-0.1, -0.05) is 60.7 Å². The van der Waals surface area contributed by atoms with Crippen LogP contribution in [0, 0.1) is 0 Å². The van der Waals surface area contributed by atoms with Crippen molar-refractivity contribution in [2.75, 3.05) is 6.54 Å². The number of ether oxygens (including phenoxy) is 1. The van der Waals surface area contributed by atoms with Crippen LogP contribution in [0.2, 0.25) is 0 Å². The molecule has 0 aromatic heterocycles. The summed E-state index contributed by atoms with van der Waals surface area (Å²) < 4.78 is 6.11. The highest BCUT2D eigenvalue weighted by Gasteiger charge is 2.32. The monoisotopic (exact) mass is 370 g/mol. The Morgan fingerprint density at radius 2 is 1.68 bits per heavy atom. The van der Waals surface area contributed by atoms with E-state index < -0.39 is 0 Å². The van der Waals surface area contributed by atoms with Crippen molar-refractivity contribution in [1.82, 2.24) is 4.90 Å². The number of hydrogen-bond acceptors (Lipinski definition) is 4. The molecule has 0 fully saturated rings. The van der Waals surface area contributed by atoms with Crippen LogP contribution < -0.4 is 0 Å². The van der Waals surface area contributed by atoms with E-state index in [1.165, 1.54) is 0 Å². The van der Waals surface area contributed by atoms with Crippen LogP contribution in [0.5, 0.6) is 0 Å². The van der Waals surface area contributed by atoms with Crippen molar-refractivity contribution in [3.05, 3.63) is 107 Å². The minimum absolute atomic E-state index is 0.0323. The fourth-order valence-electron chi connectivity index (χ4n) is 3.27. The molecule has 140 valence electrons. The van der Waals surface area contributed by atoms with Gasteiger partial charge in [0.15, 0.2) is 11.7 Å². The minimum atomic E-state index is -0.0323. The van der Waals surface area contributed by atoms with Crippen LogP contribution in [0.15, 0.2) is 101 Å². The SMILES string of the molecule is CC1=C(C)N2C(OCc3ccccc3)=CC=C(C(=O)c3ccccc3)C2=NC1. The van der Waals surface area contributed by atoms with Gasteiger partial charge in [0.1, 0.15) is 12.4 Å². The van der Waals surface area contributed by atoms with Gasteiger partial charge in [-0.05, 0) is 37.1 Å². The molecule has 0 atom stereocenters. The summed E-state index contributed by atoms with van der Waals surface area (Å²) in [5.74, 6) is 1.31. The summed E-state index contributed by atoms with van der Waals surface area (Å²) in [5, 5.41) is 0. The number of carbonyl (C=O) groups is 1. The van der Waals surface area contributed by atoms with Gasteiger partial charge in [-0.15, -0.1) is 0 Å². The molecule has 0 bridgehead atoms. The molecule has 2 aliphatic rings. The van der Waals surface area contributed by atoms with Crippen molar-refractivity contribution in [1.29, 1.82) is 0 Å². The number of allylic oxidation sites excluding steroid dienone is 3. The molecular weight excluding hydrogens is 348 g/mol. The standard InChI is InChI=1S/C24H22N2O2/c1-17-15-25-24-21(23(27)20-11-7-4-8-12-20)13-14-22(26(24)18(17)2)28-16-19-9-5-3-6-10-19/h3-14H,15-16H2,1-2H3. The van der Waals surface area contributed by atoms with Gasteiger partial charge < -0.3 is 4.74 Å². The zero-order valence-electron chi connectivity index (χ0n) is 16.1. The number of aliphatic imine (C=N–C) groups is 1. The largest absolute Gasteiger partial charge is 0.474 e. The van der Waals surface area contributed by atoms with Gasteiger partial charge in [0.2, 0.25) is 0 Å². The Kier molecular flexibility index (Phi) is 4.94. The Bertz CT molecular complexity index is 1020. The van der Waals surface area contributed by atoms with E-state index in [9.17, 15) is 4.79 Å². The molecule has 0 radical (unpaired) electrons. The Morgan fingerprint density at radius 3 is 2.39 bits per heavy atom. The van der Waals surface area contributed by atoms with Gasteiger partial charge >= 0.3 is 0 Å². The van der Waals surface area contributed by atoms with Crippen LogP contribution >= 0.6 is 0 Å². The van der Waals surface area contributed by atoms with Crippen molar-refractivity contribution in [3.8, 4) is 0 Å². The topological polar surface area (TPSA) is 41.9 Å². The van der Waals surface area contributed by atoms with Gasteiger partial charge in [0, 0.05) is 11.3 Å². The van der Waals surface area contributed by atoms with E-state index in [1.807, 2.05) is 84.6 Å². The maximum atomic E-state index is 13.1. The summed E-state index contributed by atoms with van der Waals surface area (Å²) >= 11 is 0. The number of benzene rings is 2. The van der Waals surface area contributed by atoms with Gasteiger partial charge in [-0.3, -0.25) is 14.7 Å². The lowest BCUT2D eigenvalue weighted by atomic mass is 9.98. The van der Waals surface area contributed by atoms with Crippen molar-refractivity contribution in [2.45, 2.75) is 20.5 Å². The molecule has 0 aliphatic carbocycles. The predicted octanol–water partition coefficient (Wildman–Crippen LogP) is 4.88. The molecule has 0 saturated heterocycles. The number of hydrogen-bond donors (Lipinski definition) is 0. The lowest BCUT2D eigenvalue weighted by Crippen LogP contribution is -2.38. The molecule has 4 nitrogen and oxygen atoms in total.